The minimum atomic E-state index is -1.11. The standard InChI is InChI=1S/C24H22O7/c1-13-9-20-21(23(25)29-13)22-17-11-19(28-4)18(27-3)10-14(17)12-24(30-20,31-22)15-5-7-16(26-2)8-6-15/h5-11,22H,12H2,1-4H3/t22?,24-/m0/s1. The molecule has 0 radical (unpaired) electrons. The lowest BCUT2D eigenvalue weighted by Crippen LogP contribution is -2.47. The van der Waals surface area contributed by atoms with Gasteiger partial charge in [0.05, 0.1) is 21.3 Å². The van der Waals surface area contributed by atoms with Gasteiger partial charge in [-0.2, -0.15) is 0 Å². The number of ether oxygens (including phenoxy) is 5. The highest BCUT2D eigenvalue weighted by Gasteiger charge is 2.50. The van der Waals surface area contributed by atoms with Gasteiger partial charge in [-0.25, -0.2) is 4.79 Å². The Morgan fingerprint density at radius 1 is 0.968 bits per heavy atom. The van der Waals surface area contributed by atoms with E-state index in [1.54, 1.807) is 34.3 Å². The summed E-state index contributed by atoms with van der Waals surface area (Å²) in [4.78, 5) is 12.8. The lowest BCUT2D eigenvalue weighted by atomic mass is 9.84. The summed E-state index contributed by atoms with van der Waals surface area (Å²) in [5, 5.41) is 0. The van der Waals surface area contributed by atoms with E-state index in [2.05, 4.69) is 0 Å². The molecule has 160 valence electrons. The summed E-state index contributed by atoms with van der Waals surface area (Å²) in [7, 11) is 4.78. The fourth-order valence-electron chi connectivity index (χ4n) is 4.32. The van der Waals surface area contributed by atoms with E-state index in [1.165, 1.54) is 0 Å². The van der Waals surface area contributed by atoms with E-state index >= 15 is 0 Å². The van der Waals surface area contributed by atoms with Gasteiger partial charge in [0.25, 0.3) is 0 Å². The van der Waals surface area contributed by atoms with Gasteiger partial charge in [0.2, 0.25) is 5.79 Å². The summed E-state index contributed by atoms with van der Waals surface area (Å²) in [5.41, 5.74) is 2.43. The first-order valence-electron chi connectivity index (χ1n) is 9.89. The number of fused-ring (bicyclic) bond motifs is 6. The number of hydrogen-bond acceptors (Lipinski definition) is 7. The maximum absolute atomic E-state index is 12.8. The van der Waals surface area contributed by atoms with E-state index < -0.39 is 17.5 Å². The molecule has 2 aromatic carbocycles. The van der Waals surface area contributed by atoms with Gasteiger partial charge in [0.1, 0.15) is 28.9 Å². The maximum atomic E-state index is 12.8. The van der Waals surface area contributed by atoms with Crippen molar-refractivity contribution in [3.05, 3.63) is 80.9 Å². The zero-order chi connectivity index (χ0) is 21.8. The average molecular weight is 422 g/mol. The Kier molecular flexibility index (Phi) is 4.44. The smallest absolute Gasteiger partial charge is 0.345 e. The Morgan fingerprint density at radius 3 is 2.35 bits per heavy atom. The number of methoxy groups -OCH3 is 3. The van der Waals surface area contributed by atoms with Gasteiger partial charge in [-0.15, -0.1) is 0 Å². The van der Waals surface area contributed by atoms with E-state index in [1.807, 2.05) is 36.4 Å². The maximum Gasteiger partial charge on any atom is 0.345 e. The normalized spacial score (nSPS) is 20.8. The van der Waals surface area contributed by atoms with E-state index in [0.717, 1.165) is 22.4 Å². The summed E-state index contributed by atoms with van der Waals surface area (Å²) in [6.07, 6.45) is -0.254. The monoisotopic (exact) mass is 422 g/mol. The first-order chi connectivity index (χ1) is 15.0. The molecule has 7 nitrogen and oxygen atoms in total. The van der Waals surface area contributed by atoms with Crippen LogP contribution in [0.5, 0.6) is 23.0 Å². The highest BCUT2D eigenvalue weighted by Crippen LogP contribution is 2.53. The first kappa shape index (κ1) is 19.5. The Hall–Kier alpha value is -3.45. The van der Waals surface area contributed by atoms with Crippen LogP contribution in [0, 0.1) is 6.92 Å². The molecular formula is C24H22O7. The molecule has 1 aromatic heterocycles. The first-order valence-corrected chi connectivity index (χ1v) is 9.89. The lowest BCUT2D eigenvalue weighted by molar-refractivity contribution is -0.238. The van der Waals surface area contributed by atoms with Gasteiger partial charge >= 0.3 is 5.63 Å². The van der Waals surface area contributed by atoms with Crippen molar-refractivity contribution in [1.29, 1.82) is 0 Å². The van der Waals surface area contributed by atoms with Gasteiger partial charge in [-0.05, 0) is 54.4 Å². The minimum absolute atomic E-state index is 0.336. The molecule has 5 rings (SSSR count). The quantitative estimate of drug-likeness (QED) is 0.631. The molecule has 0 aliphatic carbocycles. The summed E-state index contributed by atoms with van der Waals surface area (Å²) in [5.74, 6) is 1.71. The number of aryl methyl sites for hydroxylation is 1. The van der Waals surface area contributed by atoms with Crippen LogP contribution >= 0.6 is 0 Å². The van der Waals surface area contributed by atoms with Crippen molar-refractivity contribution in [3.63, 3.8) is 0 Å². The second-order valence-corrected chi connectivity index (χ2v) is 7.59. The van der Waals surface area contributed by atoms with E-state index in [4.69, 9.17) is 28.1 Å². The van der Waals surface area contributed by atoms with Crippen molar-refractivity contribution in [2.24, 2.45) is 0 Å². The third-order valence-corrected chi connectivity index (χ3v) is 5.80. The second kappa shape index (κ2) is 7.06. The highest BCUT2D eigenvalue weighted by molar-refractivity contribution is 5.54. The molecule has 31 heavy (non-hydrogen) atoms. The highest BCUT2D eigenvalue weighted by atomic mass is 16.7. The van der Waals surface area contributed by atoms with Crippen LogP contribution in [-0.2, 0) is 16.9 Å². The molecule has 0 fully saturated rings. The van der Waals surface area contributed by atoms with Crippen LogP contribution in [0.3, 0.4) is 0 Å². The molecule has 2 atom stereocenters. The molecule has 2 bridgehead atoms. The molecule has 3 heterocycles. The molecule has 0 saturated heterocycles. The molecule has 7 heteroatoms. The van der Waals surface area contributed by atoms with Crippen molar-refractivity contribution in [2.45, 2.75) is 25.2 Å². The van der Waals surface area contributed by atoms with E-state index in [0.29, 0.717) is 35.0 Å². The van der Waals surface area contributed by atoms with Gasteiger partial charge in [-0.3, -0.25) is 0 Å². The number of hydrogen-bond donors (Lipinski definition) is 0. The van der Waals surface area contributed by atoms with Crippen LogP contribution in [-0.4, -0.2) is 21.3 Å². The summed E-state index contributed by atoms with van der Waals surface area (Å²) >= 11 is 0. The van der Waals surface area contributed by atoms with Crippen LogP contribution < -0.4 is 24.6 Å². The summed E-state index contributed by atoms with van der Waals surface area (Å²) in [6, 6.07) is 13.0. The molecule has 0 N–H and O–H groups in total. The SMILES string of the molecule is COc1ccc([C@]23Cc4cc(OC)c(OC)cc4C(O2)c2c(cc(C)oc2=O)O3)cc1. The topological polar surface area (TPSA) is 76.4 Å². The zero-order valence-corrected chi connectivity index (χ0v) is 17.7. The van der Waals surface area contributed by atoms with E-state index in [9.17, 15) is 4.79 Å². The molecule has 2 aliphatic rings. The van der Waals surface area contributed by atoms with Crippen LogP contribution in [0.15, 0.2) is 51.7 Å². The van der Waals surface area contributed by atoms with Crippen molar-refractivity contribution in [1.82, 2.24) is 0 Å². The molecule has 2 aliphatic heterocycles. The van der Waals surface area contributed by atoms with Crippen LogP contribution in [0.4, 0.5) is 0 Å². The third-order valence-electron chi connectivity index (χ3n) is 5.80. The second-order valence-electron chi connectivity index (χ2n) is 7.59. The molecule has 0 saturated carbocycles. The molecule has 0 amide bonds. The minimum Gasteiger partial charge on any atom is -0.497 e. The molecule has 0 spiro atoms. The fraction of sp³-hybridized carbons (Fsp3) is 0.292. The van der Waals surface area contributed by atoms with Crippen LogP contribution in [0.1, 0.15) is 34.1 Å². The van der Waals surface area contributed by atoms with E-state index in [-0.39, 0.29) is 0 Å². The van der Waals surface area contributed by atoms with Crippen molar-refractivity contribution >= 4 is 0 Å². The largest absolute Gasteiger partial charge is 0.497 e. The average Bonchev–Trinajstić information content (AvgIpc) is 2.77. The van der Waals surface area contributed by atoms with Crippen molar-refractivity contribution < 1.29 is 28.1 Å². The predicted molar refractivity (Wildman–Crippen MR) is 111 cm³/mol. The van der Waals surface area contributed by atoms with Crippen molar-refractivity contribution in [2.75, 3.05) is 21.3 Å². The zero-order valence-electron chi connectivity index (χ0n) is 17.7. The molecule has 1 unspecified atom stereocenters. The Labute approximate surface area is 179 Å². The van der Waals surface area contributed by atoms with Gasteiger partial charge in [-0.1, -0.05) is 0 Å². The number of rotatable bonds is 4. The van der Waals surface area contributed by atoms with Gasteiger partial charge in [0, 0.05) is 18.1 Å². The number of benzene rings is 2. The predicted octanol–water partition coefficient (Wildman–Crippen LogP) is 3.88. The van der Waals surface area contributed by atoms with Crippen LogP contribution in [0.2, 0.25) is 0 Å². The fourth-order valence-corrected chi connectivity index (χ4v) is 4.32. The lowest BCUT2D eigenvalue weighted by Gasteiger charge is -2.46. The van der Waals surface area contributed by atoms with Gasteiger partial charge in [0.15, 0.2) is 11.5 Å². The molecule has 3 aromatic rings. The summed E-state index contributed by atoms with van der Waals surface area (Å²) < 4.78 is 34.5. The van der Waals surface area contributed by atoms with Crippen LogP contribution in [0.25, 0.3) is 0 Å². The van der Waals surface area contributed by atoms with Crippen molar-refractivity contribution in [3.8, 4) is 23.0 Å². The Morgan fingerprint density at radius 2 is 1.68 bits per heavy atom. The summed E-state index contributed by atoms with van der Waals surface area (Å²) in [6.45, 7) is 1.72. The Balaban J connectivity index is 1.76. The van der Waals surface area contributed by atoms with Gasteiger partial charge < -0.3 is 28.1 Å². The third kappa shape index (κ3) is 2.96. The Bertz CT molecular complexity index is 1210. The molecular weight excluding hydrogens is 400 g/mol.